The van der Waals surface area contributed by atoms with Gasteiger partial charge in [0.25, 0.3) is 0 Å². The average molecular weight is 232 g/mol. The fraction of sp³-hybridized carbons (Fsp3) is 0.462. The molecule has 1 saturated heterocycles. The van der Waals surface area contributed by atoms with Crippen molar-refractivity contribution in [3.63, 3.8) is 0 Å². The first kappa shape index (κ1) is 10.7. The maximum absolute atomic E-state index is 12.0. The van der Waals surface area contributed by atoms with Gasteiger partial charge in [-0.05, 0) is 36.1 Å². The number of piperidine rings is 1. The van der Waals surface area contributed by atoms with E-state index >= 15 is 0 Å². The van der Waals surface area contributed by atoms with Crippen molar-refractivity contribution in [3.8, 4) is 0 Å². The molecule has 1 aromatic carbocycles. The summed E-state index contributed by atoms with van der Waals surface area (Å²) in [5, 5.41) is 0. The van der Waals surface area contributed by atoms with Gasteiger partial charge in [-0.25, -0.2) is 0 Å². The lowest BCUT2D eigenvalue weighted by Crippen LogP contribution is -2.48. The van der Waals surface area contributed by atoms with Crippen LogP contribution in [0.4, 0.5) is 5.69 Å². The summed E-state index contributed by atoms with van der Waals surface area (Å²) in [4.78, 5) is 13.8. The number of benzene rings is 1. The van der Waals surface area contributed by atoms with Gasteiger partial charge >= 0.3 is 0 Å². The molecule has 1 amide bonds. The lowest BCUT2D eigenvalue weighted by molar-refractivity contribution is -0.120. The lowest BCUT2D eigenvalue weighted by Gasteiger charge is -2.30. The Labute approximate surface area is 100 Å². The molecule has 4 nitrogen and oxygen atoms in total. The second-order valence-electron chi connectivity index (χ2n) is 4.68. The van der Waals surface area contributed by atoms with Gasteiger partial charge in [-0.2, -0.15) is 0 Å². The molecule has 1 atom stereocenters. The van der Waals surface area contributed by atoms with Crippen LogP contribution >= 0.6 is 0 Å². The number of rotatable bonds is 1. The van der Waals surface area contributed by atoms with Crippen LogP contribution in [-0.2, 0) is 22.7 Å². The van der Waals surface area contributed by atoms with E-state index in [-0.39, 0.29) is 11.9 Å². The first-order chi connectivity index (χ1) is 8.25. The molecule has 4 heteroatoms. The van der Waals surface area contributed by atoms with Crippen molar-refractivity contribution in [1.29, 1.82) is 0 Å². The second-order valence-corrected chi connectivity index (χ2v) is 4.68. The lowest BCUT2D eigenvalue weighted by atomic mass is 10.0. The van der Waals surface area contributed by atoms with Crippen molar-refractivity contribution in [1.82, 2.24) is 0 Å². The first-order valence-electron chi connectivity index (χ1n) is 6.02. The molecule has 0 spiro atoms. The number of ether oxygens (including phenoxy) is 1. The van der Waals surface area contributed by atoms with Crippen LogP contribution in [0.25, 0.3) is 0 Å². The van der Waals surface area contributed by atoms with E-state index in [9.17, 15) is 4.79 Å². The highest BCUT2D eigenvalue weighted by atomic mass is 16.5. The Morgan fingerprint density at radius 2 is 2.12 bits per heavy atom. The summed E-state index contributed by atoms with van der Waals surface area (Å²) in [6.07, 6.45) is 1.77. The quantitative estimate of drug-likeness (QED) is 0.790. The van der Waals surface area contributed by atoms with E-state index in [1.54, 1.807) is 4.90 Å². The van der Waals surface area contributed by atoms with Gasteiger partial charge in [-0.15, -0.1) is 0 Å². The molecule has 2 N–H and O–H groups in total. The summed E-state index contributed by atoms with van der Waals surface area (Å²) >= 11 is 0. The van der Waals surface area contributed by atoms with E-state index in [4.69, 9.17) is 10.5 Å². The summed E-state index contributed by atoms with van der Waals surface area (Å²) in [5.74, 6) is 0.0371. The largest absolute Gasteiger partial charge is 0.372 e. The van der Waals surface area contributed by atoms with Crippen LogP contribution in [0.5, 0.6) is 0 Å². The Morgan fingerprint density at radius 1 is 1.29 bits per heavy atom. The SMILES string of the molecule is NC1CCCN(c2ccc3c(c2)COC3)C1=O. The molecule has 90 valence electrons. The molecule has 2 aliphatic heterocycles. The molecular formula is C13H16N2O2. The van der Waals surface area contributed by atoms with Gasteiger partial charge in [0.2, 0.25) is 5.91 Å². The fourth-order valence-electron chi connectivity index (χ4n) is 2.49. The Bertz CT molecular complexity index is 459. The van der Waals surface area contributed by atoms with Gasteiger partial charge in [0.05, 0.1) is 19.3 Å². The highest BCUT2D eigenvalue weighted by Gasteiger charge is 2.27. The number of hydrogen-bond acceptors (Lipinski definition) is 3. The fourth-order valence-corrected chi connectivity index (χ4v) is 2.49. The van der Waals surface area contributed by atoms with Crippen LogP contribution < -0.4 is 10.6 Å². The molecule has 0 saturated carbocycles. The molecule has 3 rings (SSSR count). The highest BCUT2D eigenvalue weighted by Crippen LogP contribution is 2.27. The van der Waals surface area contributed by atoms with Crippen molar-refractivity contribution >= 4 is 11.6 Å². The molecule has 2 aliphatic rings. The van der Waals surface area contributed by atoms with Crippen LogP contribution in [-0.4, -0.2) is 18.5 Å². The van der Waals surface area contributed by atoms with Gasteiger partial charge < -0.3 is 15.4 Å². The maximum Gasteiger partial charge on any atom is 0.243 e. The predicted molar refractivity (Wildman–Crippen MR) is 64.5 cm³/mol. The Morgan fingerprint density at radius 3 is 3.00 bits per heavy atom. The molecular weight excluding hydrogens is 216 g/mol. The minimum absolute atomic E-state index is 0.0371. The van der Waals surface area contributed by atoms with E-state index in [1.165, 1.54) is 11.1 Å². The van der Waals surface area contributed by atoms with Gasteiger partial charge in [0, 0.05) is 12.2 Å². The number of hydrogen-bond donors (Lipinski definition) is 1. The first-order valence-corrected chi connectivity index (χ1v) is 6.02. The third-order valence-electron chi connectivity index (χ3n) is 3.50. The molecule has 2 heterocycles. The molecule has 17 heavy (non-hydrogen) atoms. The van der Waals surface area contributed by atoms with Crippen molar-refractivity contribution in [2.45, 2.75) is 32.1 Å². The van der Waals surface area contributed by atoms with Gasteiger partial charge in [-0.3, -0.25) is 4.79 Å². The molecule has 0 aliphatic carbocycles. The number of nitrogens with zero attached hydrogens (tertiary/aromatic N) is 1. The summed E-state index contributed by atoms with van der Waals surface area (Å²) in [5.41, 5.74) is 9.17. The number of anilines is 1. The molecule has 0 radical (unpaired) electrons. The van der Waals surface area contributed by atoms with E-state index in [2.05, 4.69) is 6.07 Å². The van der Waals surface area contributed by atoms with Crippen LogP contribution in [0.15, 0.2) is 18.2 Å². The number of nitrogens with two attached hydrogens (primary N) is 1. The topological polar surface area (TPSA) is 55.6 Å². The number of fused-ring (bicyclic) bond motifs is 1. The Hall–Kier alpha value is -1.39. The minimum Gasteiger partial charge on any atom is -0.372 e. The zero-order chi connectivity index (χ0) is 11.8. The second kappa shape index (κ2) is 4.13. The summed E-state index contributed by atoms with van der Waals surface area (Å²) in [7, 11) is 0. The standard InChI is InChI=1S/C13H16N2O2/c14-12-2-1-5-15(13(12)16)11-4-3-9-7-17-8-10(9)6-11/h3-4,6,12H,1-2,5,7-8,14H2. The van der Waals surface area contributed by atoms with Crippen LogP contribution in [0, 0.1) is 0 Å². The van der Waals surface area contributed by atoms with E-state index in [0.29, 0.717) is 13.2 Å². The van der Waals surface area contributed by atoms with Crippen LogP contribution in [0.3, 0.4) is 0 Å². The van der Waals surface area contributed by atoms with Crippen molar-refractivity contribution in [2.24, 2.45) is 5.73 Å². The monoisotopic (exact) mass is 232 g/mol. The van der Waals surface area contributed by atoms with Gasteiger partial charge in [-0.1, -0.05) is 6.07 Å². The zero-order valence-corrected chi connectivity index (χ0v) is 9.69. The Kier molecular flexibility index (Phi) is 2.61. The van der Waals surface area contributed by atoms with Crippen molar-refractivity contribution in [3.05, 3.63) is 29.3 Å². The summed E-state index contributed by atoms with van der Waals surface area (Å²) < 4.78 is 5.38. The van der Waals surface area contributed by atoms with E-state index in [0.717, 1.165) is 25.1 Å². The van der Waals surface area contributed by atoms with Crippen molar-refractivity contribution in [2.75, 3.05) is 11.4 Å². The predicted octanol–water partition coefficient (Wildman–Crippen LogP) is 1.17. The average Bonchev–Trinajstić information content (AvgIpc) is 2.79. The zero-order valence-electron chi connectivity index (χ0n) is 9.69. The molecule has 1 fully saturated rings. The van der Waals surface area contributed by atoms with E-state index in [1.807, 2.05) is 12.1 Å². The summed E-state index contributed by atoms with van der Waals surface area (Å²) in [6.45, 7) is 2.10. The van der Waals surface area contributed by atoms with E-state index < -0.39 is 0 Å². The molecule has 0 bridgehead atoms. The van der Waals surface area contributed by atoms with Crippen LogP contribution in [0.2, 0.25) is 0 Å². The smallest absolute Gasteiger partial charge is 0.243 e. The molecule has 1 unspecified atom stereocenters. The van der Waals surface area contributed by atoms with Crippen molar-refractivity contribution < 1.29 is 9.53 Å². The van der Waals surface area contributed by atoms with Crippen LogP contribution in [0.1, 0.15) is 24.0 Å². The maximum atomic E-state index is 12.0. The molecule has 1 aromatic rings. The molecule has 0 aromatic heterocycles. The Balaban J connectivity index is 1.91. The van der Waals surface area contributed by atoms with Gasteiger partial charge in [0.1, 0.15) is 0 Å². The summed E-state index contributed by atoms with van der Waals surface area (Å²) in [6, 6.07) is 5.75. The van der Waals surface area contributed by atoms with Gasteiger partial charge in [0.15, 0.2) is 0 Å². The third-order valence-corrected chi connectivity index (χ3v) is 3.50. The number of amides is 1. The highest BCUT2D eigenvalue weighted by molar-refractivity contribution is 5.97. The number of carbonyl (C=O) groups is 1. The normalized spacial score (nSPS) is 23.9. The third kappa shape index (κ3) is 1.83. The minimum atomic E-state index is -0.340. The number of carbonyl (C=O) groups excluding carboxylic acids is 1.